The molecule has 0 N–H and O–H groups in total. The number of rotatable bonds is 3. The van der Waals surface area contributed by atoms with Crippen molar-refractivity contribution in [3.8, 4) is 0 Å². The van der Waals surface area contributed by atoms with Crippen molar-refractivity contribution in [2.75, 3.05) is 20.3 Å². The van der Waals surface area contributed by atoms with Gasteiger partial charge in [-0.15, -0.1) is 0 Å². The molecule has 25 heavy (non-hydrogen) atoms. The number of carbonyl (C=O) groups excluding carboxylic acids is 2. The van der Waals surface area contributed by atoms with E-state index in [1.165, 1.54) is 27.2 Å². The molecule has 2 unspecified atom stereocenters. The van der Waals surface area contributed by atoms with Crippen LogP contribution in [-0.4, -0.2) is 37.0 Å². The lowest BCUT2D eigenvalue weighted by Crippen LogP contribution is -2.41. The maximum Gasteiger partial charge on any atom is 0.234 e. The van der Waals surface area contributed by atoms with E-state index in [2.05, 4.69) is 24.3 Å². The van der Waals surface area contributed by atoms with Gasteiger partial charge in [0.05, 0.1) is 25.0 Å². The number of methoxy groups -OCH3 is 1. The van der Waals surface area contributed by atoms with Gasteiger partial charge >= 0.3 is 0 Å². The highest BCUT2D eigenvalue weighted by Gasteiger charge is 2.61. The lowest BCUT2D eigenvalue weighted by molar-refractivity contribution is -0.140. The van der Waals surface area contributed by atoms with Gasteiger partial charge in [-0.05, 0) is 22.3 Å². The van der Waals surface area contributed by atoms with Crippen LogP contribution in [0, 0.1) is 11.8 Å². The van der Waals surface area contributed by atoms with Crippen molar-refractivity contribution in [1.29, 1.82) is 0 Å². The molecule has 4 nitrogen and oxygen atoms in total. The number of likely N-dealkylation sites (tertiary alicyclic amines) is 1. The van der Waals surface area contributed by atoms with Crippen molar-refractivity contribution in [2.24, 2.45) is 11.8 Å². The normalized spacial score (nSPS) is 28.8. The smallest absolute Gasteiger partial charge is 0.234 e. The third kappa shape index (κ3) is 1.80. The summed E-state index contributed by atoms with van der Waals surface area (Å²) < 4.78 is 5.10. The highest BCUT2D eigenvalue weighted by Crippen LogP contribution is 2.60. The summed E-state index contributed by atoms with van der Waals surface area (Å²) in [6, 6.07) is 16.6. The zero-order valence-electron chi connectivity index (χ0n) is 14.0. The van der Waals surface area contributed by atoms with Gasteiger partial charge in [0.2, 0.25) is 11.8 Å². The summed E-state index contributed by atoms with van der Waals surface area (Å²) in [7, 11) is 1.59. The molecule has 126 valence electrons. The van der Waals surface area contributed by atoms with Crippen LogP contribution in [0.1, 0.15) is 34.1 Å². The maximum absolute atomic E-state index is 13.1. The summed E-state index contributed by atoms with van der Waals surface area (Å²) in [4.78, 5) is 27.7. The monoisotopic (exact) mass is 333 g/mol. The summed E-state index contributed by atoms with van der Waals surface area (Å²) >= 11 is 0. The Morgan fingerprint density at radius 3 is 1.56 bits per heavy atom. The molecule has 1 fully saturated rings. The van der Waals surface area contributed by atoms with Gasteiger partial charge in [0, 0.05) is 18.9 Å². The molecule has 2 atom stereocenters. The summed E-state index contributed by atoms with van der Waals surface area (Å²) in [5.74, 6) is -0.673. The summed E-state index contributed by atoms with van der Waals surface area (Å²) in [5.41, 5.74) is 4.84. The molecular formula is C21H19NO3. The van der Waals surface area contributed by atoms with E-state index < -0.39 is 0 Å². The fraction of sp³-hybridized carbons (Fsp3) is 0.333. The average molecular weight is 333 g/mol. The Hall–Kier alpha value is -2.46. The minimum absolute atomic E-state index is 0.0219. The van der Waals surface area contributed by atoms with Crippen LogP contribution in [0.2, 0.25) is 0 Å². The van der Waals surface area contributed by atoms with Gasteiger partial charge in [0.25, 0.3) is 0 Å². The standard InChI is InChI=1S/C21H19NO3/c1-25-11-10-22-20(23)18-16-12-6-2-3-7-13(12)17(19(18)21(22)24)15-9-5-4-8-14(15)16/h2-9,16-19H,10-11H2,1H3. The van der Waals surface area contributed by atoms with Crippen LogP contribution in [-0.2, 0) is 14.3 Å². The second-order valence-corrected chi connectivity index (χ2v) is 7.09. The number of hydrogen-bond acceptors (Lipinski definition) is 3. The second kappa shape index (κ2) is 5.27. The summed E-state index contributed by atoms with van der Waals surface area (Å²) in [5, 5.41) is 0. The number of nitrogens with zero attached hydrogens (tertiary/aromatic N) is 1. The molecule has 0 aromatic heterocycles. The molecule has 4 aliphatic rings. The molecule has 2 aromatic carbocycles. The van der Waals surface area contributed by atoms with Gasteiger partial charge in [-0.1, -0.05) is 48.5 Å². The minimum atomic E-state index is -0.279. The molecule has 0 saturated carbocycles. The zero-order valence-corrected chi connectivity index (χ0v) is 14.0. The van der Waals surface area contributed by atoms with E-state index >= 15 is 0 Å². The second-order valence-electron chi connectivity index (χ2n) is 7.09. The topological polar surface area (TPSA) is 46.6 Å². The van der Waals surface area contributed by atoms with Gasteiger partial charge in [0.15, 0.2) is 0 Å². The Morgan fingerprint density at radius 1 is 0.800 bits per heavy atom. The van der Waals surface area contributed by atoms with Crippen molar-refractivity contribution >= 4 is 11.8 Å². The Labute approximate surface area is 146 Å². The molecule has 1 saturated heterocycles. The van der Waals surface area contributed by atoms with E-state index in [9.17, 15) is 9.59 Å². The number of benzene rings is 2. The lowest BCUT2D eigenvalue weighted by Gasteiger charge is -2.45. The first kappa shape index (κ1) is 14.8. The summed E-state index contributed by atoms with van der Waals surface area (Å²) in [6.45, 7) is 0.722. The molecule has 0 radical (unpaired) electrons. The van der Waals surface area contributed by atoms with Crippen LogP contribution in [0.3, 0.4) is 0 Å². The van der Waals surface area contributed by atoms with Crippen molar-refractivity contribution < 1.29 is 14.3 Å². The molecule has 2 amide bonds. The average Bonchev–Trinajstić information content (AvgIpc) is 2.91. The molecule has 3 aliphatic carbocycles. The Kier molecular flexibility index (Phi) is 3.13. The number of carbonyl (C=O) groups is 2. The number of hydrogen-bond donors (Lipinski definition) is 0. The van der Waals surface area contributed by atoms with Crippen molar-refractivity contribution in [3.63, 3.8) is 0 Å². The molecule has 1 aliphatic heterocycles. The molecule has 4 heteroatoms. The van der Waals surface area contributed by atoms with Crippen LogP contribution in [0.5, 0.6) is 0 Å². The van der Waals surface area contributed by atoms with Gasteiger partial charge in [-0.2, -0.15) is 0 Å². The van der Waals surface area contributed by atoms with E-state index in [0.717, 1.165) is 0 Å². The van der Waals surface area contributed by atoms with Crippen LogP contribution in [0.15, 0.2) is 48.5 Å². The van der Waals surface area contributed by atoms with E-state index in [4.69, 9.17) is 4.74 Å². The molecule has 0 spiro atoms. The predicted molar refractivity (Wildman–Crippen MR) is 92.1 cm³/mol. The van der Waals surface area contributed by atoms with Crippen LogP contribution in [0.25, 0.3) is 0 Å². The summed E-state index contributed by atoms with van der Waals surface area (Å²) in [6.07, 6.45) is 0. The number of ether oxygens (including phenoxy) is 1. The predicted octanol–water partition coefficient (Wildman–Crippen LogP) is 2.53. The molecule has 6 rings (SSSR count). The SMILES string of the molecule is COCCN1C(=O)C2C3c4ccccc4C(c4ccccc43)C2C1=O. The molecule has 2 bridgehead atoms. The highest BCUT2D eigenvalue weighted by molar-refractivity contribution is 6.07. The van der Waals surface area contributed by atoms with Crippen LogP contribution >= 0.6 is 0 Å². The maximum atomic E-state index is 13.1. The van der Waals surface area contributed by atoms with Gasteiger partial charge < -0.3 is 4.74 Å². The first-order chi connectivity index (χ1) is 12.2. The van der Waals surface area contributed by atoms with Gasteiger partial charge in [0.1, 0.15) is 0 Å². The van der Waals surface area contributed by atoms with Crippen molar-refractivity contribution in [2.45, 2.75) is 11.8 Å². The Morgan fingerprint density at radius 2 is 1.20 bits per heavy atom. The van der Waals surface area contributed by atoms with Crippen LogP contribution in [0.4, 0.5) is 0 Å². The van der Waals surface area contributed by atoms with E-state index in [0.29, 0.717) is 13.2 Å². The molecule has 1 heterocycles. The van der Waals surface area contributed by atoms with Gasteiger partial charge in [-0.25, -0.2) is 0 Å². The quantitative estimate of drug-likeness (QED) is 0.811. The molecular weight excluding hydrogens is 314 g/mol. The number of imide groups is 1. The first-order valence-electron chi connectivity index (χ1n) is 8.76. The van der Waals surface area contributed by atoms with E-state index in [-0.39, 0.29) is 35.5 Å². The van der Waals surface area contributed by atoms with E-state index in [1.54, 1.807) is 7.11 Å². The van der Waals surface area contributed by atoms with Crippen molar-refractivity contribution in [1.82, 2.24) is 4.90 Å². The fourth-order valence-corrected chi connectivity index (χ4v) is 5.14. The fourth-order valence-electron chi connectivity index (χ4n) is 5.14. The Balaban J connectivity index is 1.70. The van der Waals surface area contributed by atoms with E-state index in [1.807, 2.05) is 24.3 Å². The Bertz CT molecular complexity index is 775. The highest BCUT2D eigenvalue weighted by atomic mass is 16.5. The third-order valence-corrected chi connectivity index (χ3v) is 6.06. The lowest BCUT2D eigenvalue weighted by atomic mass is 9.55. The van der Waals surface area contributed by atoms with Crippen molar-refractivity contribution in [3.05, 3.63) is 70.8 Å². The third-order valence-electron chi connectivity index (χ3n) is 6.06. The zero-order chi connectivity index (χ0) is 17.1. The molecule has 2 aromatic rings. The van der Waals surface area contributed by atoms with Crippen LogP contribution < -0.4 is 0 Å². The largest absolute Gasteiger partial charge is 0.383 e. The number of amides is 2. The first-order valence-corrected chi connectivity index (χ1v) is 8.76. The minimum Gasteiger partial charge on any atom is -0.383 e. The van der Waals surface area contributed by atoms with Gasteiger partial charge in [-0.3, -0.25) is 14.5 Å².